The zero-order valence-corrected chi connectivity index (χ0v) is 13.6. The van der Waals surface area contributed by atoms with Gasteiger partial charge < -0.3 is 4.74 Å². The summed E-state index contributed by atoms with van der Waals surface area (Å²) < 4.78 is 19.0. The molecule has 0 fully saturated rings. The van der Waals surface area contributed by atoms with Crippen LogP contribution in [0.5, 0.6) is 0 Å². The quantitative estimate of drug-likeness (QED) is 0.601. The van der Waals surface area contributed by atoms with Crippen molar-refractivity contribution in [2.75, 3.05) is 7.11 Å². The number of ether oxygens (including phenoxy) is 1. The molecule has 0 bridgehead atoms. The summed E-state index contributed by atoms with van der Waals surface area (Å²) in [5, 5.41) is 0. The first-order valence-corrected chi connectivity index (χ1v) is 7.27. The molecule has 2 aromatic rings. The number of aromatic nitrogens is 1. The number of carbonyl (C=O) groups excluding carboxylic acids is 1. The van der Waals surface area contributed by atoms with Gasteiger partial charge in [0, 0.05) is 16.7 Å². The molecule has 1 aromatic carbocycles. The molecule has 21 heavy (non-hydrogen) atoms. The van der Waals surface area contributed by atoms with Crippen molar-refractivity contribution in [3.05, 3.63) is 52.0 Å². The maximum absolute atomic E-state index is 13.4. The monoisotopic (exact) mass is 351 g/mol. The number of carbonyl (C=O) groups is 1. The summed E-state index contributed by atoms with van der Waals surface area (Å²) >= 11 is 3.55. The summed E-state index contributed by atoms with van der Waals surface area (Å²) in [6, 6.07) is 6.53. The summed E-state index contributed by atoms with van der Waals surface area (Å²) in [6.45, 7) is 4.05. The summed E-state index contributed by atoms with van der Waals surface area (Å²) in [6.07, 6.45) is 1.40. The molecule has 1 heterocycles. The fraction of sp³-hybridized carbons (Fsp3) is 0.250. The van der Waals surface area contributed by atoms with Gasteiger partial charge in [-0.1, -0.05) is 13.8 Å². The van der Waals surface area contributed by atoms with Crippen LogP contribution in [-0.4, -0.2) is 18.1 Å². The van der Waals surface area contributed by atoms with Crippen LogP contribution in [0, 0.1) is 5.95 Å². The second kappa shape index (κ2) is 6.35. The first kappa shape index (κ1) is 15.6. The number of esters is 1. The lowest BCUT2D eigenvalue weighted by Crippen LogP contribution is -2.04. The van der Waals surface area contributed by atoms with E-state index in [0.717, 1.165) is 15.6 Å². The summed E-state index contributed by atoms with van der Waals surface area (Å²) in [5.41, 5.74) is 2.80. The third-order valence-electron chi connectivity index (χ3n) is 3.18. The highest BCUT2D eigenvalue weighted by Crippen LogP contribution is 2.36. The van der Waals surface area contributed by atoms with E-state index >= 15 is 0 Å². The van der Waals surface area contributed by atoms with Crippen LogP contribution in [0.15, 0.2) is 34.9 Å². The third-order valence-corrected chi connectivity index (χ3v) is 4.07. The molecule has 0 aliphatic carbocycles. The lowest BCUT2D eigenvalue weighted by atomic mass is 9.95. The maximum atomic E-state index is 13.4. The topological polar surface area (TPSA) is 39.2 Å². The van der Waals surface area contributed by atoms with Gasteiger partial charge in [0.1, 0.15) is 0 Å². The van der Waals surface area contributed by atoms with Gasteiger partial charge in [0.25, 0.3) is 0 Å². The number of halogens is 2. The van der Waals surface area contributed by atoms with E-state index in [0.29, 0.717) is 11.1 Å². The largest absolute Gasteiger partial charge is 0.465 e. The van der Waals surface area contributed by atoms with Gasteiger partial charge in [0.05, 0.1) is 12.7 Å². The van der Waals surface area contributed by atoms with Gasteiger partial charge in [0.15, 0.2) is 0 Å². The Balaban J connectivity index is 2.69. The van der Waals surface area contributed by atoms with E-state index in [1.54, 1.807) is 18.2 Å². The number of hydrogen-bond acceptors (Lipinski definition) is 3. The molecule has 1 aromatic heterocycles. The Kier molecular flexibility index (Phi) is 4.73. The van der Waals surface area contributed by atoms with Crippen LogP contribution >= 0.6 is 15.9 Å². The zero-order valence-electron chi connectivity index (χ0n) is 12.0. The molecule has 0 saturated heterocycles. The Bertz CT molecular complexity index is 686. The summed E-state index contributed by atoms with van der Waals surface area (Å²) in [7, 11) is 1.34. The minimum atomic E-state index is -0.561. The Morgan fingerprint density at radius 1 is 1.33 bits per heavy atom. The molecule has 0 atom stereocenters. The van der Waals surface area contributed by atoms with Crippen molar-refractivity contribution in [2.24, 2.45) is 0 Å². The molecule has 0 amide bonds. The van der Waals surface area contributed by atoms with E-state index < -0.39 is 11.9 Å². The van der Waals surface area contributed by atoms with E-state index in [2.05, 4.69) is 20.9 Å². The average Bonchev–Trinajstić information content (AvgIpc) is 2.46. The van der Waals surface area contributed by atoms with Crippen molar-refractivity contribution >= 4 is 21.9 Å². The SMILES string of the molecule is COC(=O)c1cc(-c2ccnc(F)c2)c(Br)c(C(C)C)c1. The van der Waals surface area contributed by atoms with E-state index in [-0.39, 0.29) is 5.92 Å². The minimum Gasteiger partial charge on any atom is -0.465 e. The van der Waals surface area contributed by atoms with Crippen molar-refractivity contribution < 1.29 is 13.9 Å². The Labute approximate surface area is 131 Å². The predicted molar refractivity (Wildman–Crippen MR) is 82.8 cm³/mol. The summed E-state index contributed by atoms with van der Waals surface area (Å²) in [4.78, 5) is 15.4. The van der Waals surface area contributed by atoms with Crippen LogP contribution in [-0.2, 0) is 4.74 Å². The van der Waals surface area contributed by atoms with Crippen molar-refractivity contribution in [2.45, 2.75) is 19.8 Å². The molecule has 3 nitrogen and oxygen atoms in total. The number of pyridine rings is 1. The van der Waals surface area contributed by atoms with Crippen molar-refractivity contribution in [1.29, 1.82) is 0 Å². The number of nitrogens with zero attached hydrogens (tertiary/aromatic N) is 1. The van der Waals surface area contributed by atoms with E-state index in [9.17, 15) is 9.18 Å². The standard InChI is InChI=1S/C16H15BrFNO2/c1-9(2)12-6-11(16(20)21-3)7-13(15(12)17)10-4-5-19-14(18)8-10/h4-9H,1-3H3. The van der Waals surface area contributed by atoms with Crippen molar-refractivity contribution in [1.82, 2.24) is 4.98 Å². The number of benzene rings is 1. The Morgan fingerprint density at radius 2 is 2.05 bits per heavy atom. The van der Waals surface area contributed by atoms with E-state index in [1.807, 2.05) is 13.8 Å². The Hall–Kier alpha value is -1.75. The van der Waals surface area contributed by atoms with Gasteiger partial charge in [-0.2, -0.15) is 4.39 Å². The van der Waals surface area contributed by atoms with Gasteiger partial charge in [-0.25, -0.2) is 9.78 Å². The predicted octanol–water partition coefficient (Wildman–Crippen LogP) is 4.56. The molecule has 0 radical (unpaired) electrons. The second-order valence-electron chi connectivity index (χ2n) is 4.94. The van der Waals surface area contributed by atoms with Crippen molar-refractivity contribution in [3.63, 3.8) is 0 Å². The highest BCUT2D eigenvalue weighted by atomic mass is 79.9. The highest BCUT2D eigenvalue weighted by molar-refractivity contribution is 9.10. The first-order valence-electron chi connectivity index (χ1n) is 6.47. The van der Waals surface area contributed by atoms with E-state index in [1.165, 1.54) is 19.4 Å². The molecule has 0 spiro atoms. The van der Waals surface area contributed by atoms with Crippen LogP contribution in [0.4, 0.5) is 4.39 Å². The Morgan fingerprint density at radius 3 is 2.62 bits per heavy atom. The molecule has 0 unspecified atom stereocenters. The fourth-order valence-corrected chi connectivity index (χ4v) is 3.00. The summed E-state index contributed by atoms with van der Waals surface area (Å²) in [5.74, 6) is -0.774. The third kappa shape index (κ3) is 3.29. The fourth-order valence-electron chi connectivity index (χ4n) is 2.08. The van der Waals surface area contributed by atoms with Gasteiger partial charge >= 0.3 is 5.97 Å². The normalized spacial score (nSPS) is 10.8. The molecule has 5 heteroatoms. The molecule has 0 aliphatic heterocycles. The number of methoxy groups -OCH3 is 1. The molecule has 0 N–H and O–H groups in total. The molecular weight excluding hydrogens is 337 g/mol. The van der Waals surface area contributed by atoms with Crippen LogP contribution in [0.1, 0.15) is 35.7 Å². The van der Waals surface area contributed by atoms with Gasteiger partial charge in [-0.3, -0.25) is 0 Å². The highest BCUT2D eigenvalue weighted by Gasteiger charge is 2.17. The zero-order chi connectivity index (χ0) is 15.6. The van der Waals surface area contributed by atoms with Gasteiger partial charge in [-0.05, 0) is 56.7 Å². The van der Waals surface area contributed by atoms with Crippen LogP contribution in [0.3, 0.4) is 0 Å². The van der Waals surface area contributed by atoms with Crippen LogP contribution < -0.4 is 0 Å². The van der Waals surface area contributed by atoms with Gasteiger partial charge in [-0.15, -0.1) is 0 Å². The maximum Gasteiger partial charge on any atom is 0.337 e. The molecule has 0 saturated carbocycles. The lowest BCUT2D eigenvalue weighted by Gasteiger charge is -2.15. The molecule has 0 aliphatic rings. The van der Waals surface area contributed by atoms with Gasteiger partial charge in [0.2, 0.25) is 5.95 Å². The van der Waals surface area contributed by atoms with Crippen molar-refractivity contribution in [3.8, 4) is 11.1 Å². The molecular formula is C16H15BrFNO2. The van der Waals surface area contributed by atoms with Crippen LogP contribution in [0.2, 0.25) is 0 Å². The lowest BCUT2D eigenvalue weighted by molar-refractivity contribution is 0.0600. The first-order chi connectivity index (χ1) is 9.93. The number of hydrogen-bond donors (Lipinski definition) is 0. The van der Waals surface area contributed by atoms with E-state index in [4.69, 9.17) is 4.74 Å². The molecule has 2 rings (SSSR count). The minimum absolute atomic E-state index is 0.203. The average molecular weight is 352 g/mol. The smallest absolute Gasteiger partial charge is 0.337 e. The second-order valence-corrected chi connectivity index (χ2v) is 5.73. The number of rotatable bonds is 3. The molecule has 110 valence electrons. The van der Waals surface area contributed by atoms with Crippen LogP contribution in [0.25, 0.3) is 11.1 Å².